The van der Waals surface area contributed by atoms with Gasteiger partial charge in [0, 0.05) is 11.6 Å². The number of phenolic OH excluding ortho intramolecular Hbond substituents is 1. The molecule has 0 saturated carbocycles. The highest BCUT2D eigenvalue weighted by atomic mass is 16.6. The van der Waals surface area contributed by atoms with Crippen LogP contribution in [0, 0.1) is 10.1 Å². The first-order valence-corrected chi connectivity index (χ1v) is 6.39. The molecule has 0 aliphatic rings. The van der Waals surface area contributed by atoms with Crippen molar-refractivity contribution >= 4 is 11.4 Å². The Balaban J connectivity index is 2.30. The van der Waals surface area contributed by atoms with Gasteiger partial charge in [-0.05, 0) is 31.2 Å². The Hall–Kier alpha value is -2.76. The molecule has 0 fully saturated rings. The van der Waals surface area contributed by atoms with Crippen molar-refractivity contribution in [3.8, 4) is 11.5 Å². The molecule has 2 aromatic rings. The maximum absolute atomic E-state index is 11.0. The molecule has 0 aliphatic carbocycles. The van der Waals surface area contributed by atoms with E-state index in [1.807, 2.05) is 6.92 Å². The number of anilines is 1. The molecule has 110 valence electrons. The molecule has 2 N–H and O–H groups in total. The molecule has 0 amide bonds. The molecule has 0 aromatic heterocycles. The second kappa shape index (κ2) is 6.13. The number of benzene rings is 2. The Bertz CT molecular complexity index is 658. The van der Waals surface area contributed by atoms with Gasteiger partial charge in [0.1, 0.15) is 17.2 Å². The van der Waals surface area contributed by atoms with Gasteiger partial charge in [-0.2, -0.15) is 0 Å². The van der Waals surface area contributed by atoms with Crippen LogP contribution in [-0.2, 0) is 0 Å². The molecular formula is C15H16N2O4. The minimum Gasteiger partial charge on any atom is -0.508 e. The summed E-state index contributed by atoms with van der Waals surface area (Å²) in [5.74, 6) is 0.716. The number of methoxy groups -OCH3 is 1. The van der Waals surface area contributed by atoms with E-state index in [1.165, 1.54) is 19.2 Å². The lowest BCUT2D eigenvalue weighted by molar-refractivity contribution is -0.384. The lowest BCUT2D eigenvalue weighted by atomic mass is 10.1. The molecule has 0 bridgehead atoms. The fraction of sp³-hybridized carbons (Fsp3) is 0.200. The van der Waals surface area contributed by atoms with Crippen LogP contribution >= 0.6 is 0 Å². The number of aromatic hydroxyl groups is 1. The molecular weight excluding hydrogens is 272 g/mol. The Morgan fingerprint density at radius 1 is 1.29 bits per heavy atom. The Labute approximate surface area is 122 Å². The second-order valence-corrected chi connectivity index (χ2v) is 4.57. The smallest absolute Gasteiger partial charge is 0.292 e. The first kappa shape index (κ1) is 14.6. The predicted molar refractivity (Wildman–Crippen MR) is 79.8 cm³/mol. The molecule has 1 atom stereocenters. The lowest BCUT2D eigenvalue weighted by Gasteiger charge is -2.17. The second-order valence-electron chi connectivity index (χ2n) is 4.57. The summed E-state index contributed by atoms with van der Waals surface area (Å²) in [4.78, 5) is 10.6. The summed E-state index contributed by atoms with van der Waals surface area (Å²) in [5.41, 5.74) is 0.997. The van der Waals surface area contributed by atoms with E-state index in [2.05, 4.69) is 5.32 Å². The molecule has 6 heteroatoms. The van der Waals surface area contributed by atoms with E-state index in [1.54, 1.807) is 30.3 Å². The molecule has 0 aliphatic heterocycles. The van der Waals surface area contributed by atoms with Crippen molar-refractivity contribution in [3.05, 3.63) is 58.1 Å². The third-order valence-electron chi connectivity index (χ3n) is 3.17. The van der Waals surface area contributed by atoms with Crippen molar-refractivity contribution in [2.45, 2.75) is 13.0 Å². The molecule has 0 spiro atoms. The van der Waals surface area contributed by atoms with Gasteiger partial charge in [-0.25, -0.2) is 0 Å². The number of nitro groups is 1. The van der Waals surface area contributed by atoms with Crippen molar-refractivity contribution in [2.75, 3.05) is 12.4 Å². The minimum atomic E-state index is -0.444. The van der Waals surface area contributed by atoms with E-state index in [9.17, 15) is 15.2 Å². The van der Waals surface area contributed by atoms with Gasteiger partial charge in [-0.15, -0.1) is 0 Å². The maximum atomic E-state index is 11.0. The summed E-state index contributed by atoms with van der Waals surface area (Å²) in [5, 5.41) is 24.0. The van der Waals surface area contributed by atoms with Crippen LogP contribution < -0.4 is 10.1 Å². The quantitative estimate of drug-likeness (QED) is 0.650. The van der Waals surface area contributed by atoms with Crippen LogP contribution in [0.1, 0.15) is 18.5 Å². The highest BCUT2D eigenvalue weighted by Gasteiger charge is 2.17. The van der Waals surface area contributed by atoms with Gasteiger partial charge in [-0.1, -0.05) is 12.1 Å². The maximum Gasteiger partial charge on any atom is 0.292 e. The lowest BCUT2D eigenvalue weighted by Crippen LogP contribution is -2.08. The number of para-hydroxylation sites is 2. The van der Waals surface area contributed by atoms with Crippen molar-refractivity contribution < 1.29 is 14.8 Å². The molecule has 2 rings (SSSR count). The summed E-state index contributed by atoms with van der Waals surface area (Å²) in [6.07, 6.45) is 0. The summed E-state index contributed by atoms with van der Waals surface area (Å²) in [7, 11) is 1.54. The fourth-order valence-corrected chi connectivity index (χ4v) is 2.07. The van der Waals surface area contributed by atoms with Gasteiger partial charge in [0.25, 0.3) is 5.69 Å². The number of hydrogen-bond acceptors (Lipinski definition) is 5. The largest absolute Gasteiger partial charge is 0.508 e. The average Bonchev–Trinajstić information content (AvgIpc) is 2.48. The third-order valence-corrected chi connectivity index (χ3v) is 3.17. The SMILES string of the molecule is COc1ccc(O)c(C(C)Nc2ccccc2[N+](=O)[O-])c1. The van der Waals surface area contributed by atoms with E-state index in [-0.39, 0.29) is 17.5 Å². The third kappa shape index (κ3) is 3.22. The monoisotopic (exact) mass is 288 g/mol. The summed E-state index contributed by atoms with van der Waals surface area (Å²) in [6.45, 7) is 1.81. The Morgan fingerprint density at radius 2 is 2.00 bits per heavy atom. The van der Waals surface area contributed by atoms with Gasteiger partial charge < -0.3 is 15.2 Å². The number of ether oxygens (including phenoxy) is 1. The van der Waals surface area contributed by atoms with Crippen LogP contribution in [-0.4, -0.2) is 17.1 Å². The molecule has 6 nitrogen and oxygen atoms in total. The van der Waals surface area contributed by atoms with Crippen LogP contribution in [0.3, 0.4) is 0 Å². The zero-order chi connectivity index (χ0) is 15.4. The molecule has 0 radical (unpaired) electrons. The number of hydrogen-bond donors (Lipinski definition) is 2. The highest BCUT2D eigenvalue weighted by Crippen LogP contribution is 2.33. The molecule has 0 saturated heterocycles. The number of nitro benzene ring substituents is 1. The molecule has 21 heavy (non-hydrogen) atoms. The average molecular weight is 288 g/mol. The zero-order valence-electron chi connectivity index (χ0n) is 11.7. The first-order valence-electron chi connectivity index (χ1n) is 6.39. The summed E-state index contributed by atoms with van der Waals surface area (Å²) < 4.78 is 5.13. The number of nitrogens with one attached hydrogen (secondary N) is 1. The molecule has 0 heterocycles. The van der Waals surface area contributed by atoms with Crippen LogP contribution in [0.25, 0.3) is 0 Å². The van der Waals surface area contributed by atoms with Gasteiger partial charge in [0.2, 0.25) is 0 Å². The highest BCUT2D eigenvalue weighted by molar-refractivity contribution is 5.62. The normalized spacial score (nSPS) is 11.7. The van der Waals surface area contributed by atoms with E-state index >= 15 is 0 Å². The van der Waals surface area contributed by atoms with Crippen molar-refractivity contribution in [1.29, 1.82) is 0 Å². The Morgan fingerprint density at radius 3 is 2.67 bits per heavy atom. The van der Waals surface area contributed by atoms with Gasteiger partial charge in [0.15, 0.2) is 0 Å². The van der Waals surface area contributed by atoms with Crippen molar-refractivity contribution in [2.24, 2.45) is 0 Å². The van der Waals surface area contributed by atoms with E-state index in [4.69, 9.17) is 4.74 Å². The van der Waals surface area contributed by atoms with Gasteiger partial charge in [0.05, 0.1) is 18.1 Å². The minimum absolute atomic E-state index is 0.00765. The van der Waals surface area contributed by atoms with Crippen LogP contribution in [0.4, 0.5) is 11.4 Å². The van der Waals surface area contributed by atoms with Crippen molar-refractivity contribution in [1.82, 2.24) is 0 Å². The van der Waals surface area contributed by atoms with Crippen molar-refractivity contribution in [3.63, 3.8) is 0 Å². The van der Waals surface area contributed by atoms with Gasteiger partial charge in [-0.3, -0.25) is 10.1 Å². The number of nitrogens with zero attached hydrogens (tertiary/aromatic N) is 1. The van der Waals surface area contributed by atoms with Crippen LogP contribution in [0.15, 0.2) is 42.5 Å². The first-order chi connectivity index (χ1) is 10.0. The fourth-order valence-electron chi connectivity index (χ4n) is 2.07. The topological polar surface area (TPSA) is 84.6 Å². The summed E-state index contributed by atoms with van der Waals surface area (Å²) >= 11 is 0. The van der Waals surface area contributed by atoms with E-state index < -0.39 is 4.92 Å². The van der Waals surface area contributed by atoms with E-state index in [0.717, 1.165) is 0 Å². The van der Waals surface area contributed by atoms with E-state index in [0.29, 0.717) is 17.0 Å². The van der Waals surface area contributed by atoms with Gasteiger partial charge >= 0.3 is 0 Å². The number of rotatable bonds is 5. The van der Waals surface area contributed by atoms with Crippen LogP contribution in [0.2, 0.25) is 0 Å². The van der Waals surface area contributed by atoms with Crippen LogP contribution in [0.5, 0.6) is 11.5 Å². The predicted octanol–water partition coefficient (Wildman–Crippen LogP) is 3.48. The number of phenols is 1. The zero-order valence-corrected chi connectivity index (χ0v) is 11.7. The molecule has 1 unspecified atom stereocenters. The summed E-state index contributed by atoms with van der Waals surface area (Å²) in [6, 6.07) is 10.9. The molecule has 2 aromatic carbocycles. The standard InChI is InChI=1S/C15H16N2O4/c1-10(12-9-11(21-2)7-8-15(12)18)16-13-5-3-4-6-14(13)17(19)20/h3-10,16,18H,1-2H3. The Kier molecular flexibility index (Phi) is 4.27.